The molecule has 1 aromatic rings. The molecule has 0 spiro atoms. The number of hydrogen-bond acceptors (Lipinski definition) is 3. The maximum Gasteiger partial charge on any atom is 0.141 e. The van der Waals surface area contributed by atoms with Crippen LogP contribution in [-0.2, 0) is 12.8 Å². The molecule has 2 aliphatic rings. The molecule has 0 atom stereocenters. The molecule has 0 aromatic heterocycles. The van der Waals surface area contributed by atoms with Crippen molar-refractivity contribution < 1.29 is 9.47 Å². The van der Waals surface area contributed by atoms with Gasteiger partial charge in [-0.15, -0.1) is 0 Å². The van der Waals surface area contributed by atoms with Crippen LogP contribution in [0.4, 0.5) is 0 Å². The van der Waals surface area contributed by atoms with Crippen LogP contribution in [0.1, 0.15) is 35.1 Å². The highest BCUT2D eigenvalue weighted by molar-refractivity contribution is 5.64. The zero-order valence-corrected chi connectivity index (χ0v) is 10.0. The number of fused-ring (bicyclic) bond motifs is 2. The normalized spacial score (nSPS) is 17.2. The van der Waals surface area contributed by atoms with E-state index in [0.29, 0.717) is 5.56 Å². The largest absolute Gasteiger partial charge is 0.493 e. The quantitative estimate of drug-likeness (QED) is 0.686. The number of ether oxygens (including phenoxy) is 2. The van der Waals surface area contributed by atoms with Crippen LogP contribution in [-0.4, -0.2) is 13.2 Å². The van der Waals surface area contributed by atoms with Crippen LogP contribution in [0.5, 0.6) is 11.5 Å². The van der Waals surface area contributed by atoms with Crippen molar-refractivity contribution in [1.29, 1.82) is 5.26 Å². The standard InChI is InChI=1S/C14H15NO2/c1-9-10-4-2-7-17-14(10)12(8-15)11-5-3-6-16-13(9)11/h2-7H2,1H3. The maximum atomic E-state index is 9.35. The van der Waals surface area contributed by atoms with Crippen molar-refractivity contribution in [2.75, 3.05) is 13.2 Å². The van der Waals surface area contributed by atoms with E-state index in [9.17, 15) is 5.26 Å². The fourth-order valence-electron chi connectivity index (χ4n) is 2.79. The Balaban J connectivity index is 2.30. The van der Waals surface area contributed by atoms with E-state index in [0.717, 1.165) is 56.0 Å². The van der Waals surface area contributed by atoms with E-state index in [4.69, 9.17) is 9.47 Å². The topological polar surface area (TPSA) is 42.2 Å². The van der Waals surface area contributed by atoms with Crippen molar-refractivity contribution in [2.24, 2.45) is 0 Å². The second-order valence-corrected chi connectivity index (χ2v) is 4.63. The average molecular weight is 229 g/mol. The van der Waals surface area contributed by atoms with Gasteiger partial charge >= 0.3 is 0 Å². The van der Waals surface area contributed by atoms with Crippen LogP contribution in [0.25, 0.3) is 0 Å². The van der Waals surface area contributed by atoms with E-state index in [2.05, 4.69) is 13.0 Å². The lowest BCUT2D eigenvalue weighted by Crippen LogP contribution is -2.17. The van der Waals surface area contributed by atoms with Crippen molar-refractivity contribution in [1.82, 2.24) is 0 Å². The number of benzene rings is 1. The Morgan fingerprint density at radius 3 is 2.35 bits per heavy atom. The van der Waals surface area contributed by atoms with Crippen molar-refractivity contribution in [3.8, 4) is 17.6 Å². The third-order valence-electron chi connectivity index (χ3n) is 3.62. The lowest BCUT2D eigenvalue weighted by atomic mass is 9.90. The van der Waals surface area contributed by atoms with Crippen molar-refractivity contribution in [3.05, 3.63) is 22.3 Å². The maximum absolute atomic E-state index is 9.35. The monoisotopic (exact) mass is 229 g/mol. The molecule has 3 nitrogen and oxygen atoms in total. The molecule has 88 valence electrons. The molecule has 2 aliphatic heterocycles. The Hall–Kier alpha value is -1.69. The van der Waals surface area contributed by atoms with Gasteiger partial charge in [0, 0.05) is 11.1 Å². The number of nitriles is 1. The van der Waals surface area contributed by atoms with Crippen LogP contribution in [0.15, 0.2) is 0 Å². The summed E-state index contributed by atoms with van der Waals surface area (Å²) in [6.07, 6.45) is 3.93. The minimum Gasteiger partial charge on any atom is -0.493 e. The highest BCUT2D eigenvalue weighted by atomic mass is 16.5. The minimum absolute atomic E-state index is 0.708. The summed E-state index contributed by atoms with van der Waals surface area (Å²) in [4.78, 5) is 0. The molecule has 0 amide bonds. The molecule has 0 radical (unpaired) electrons. The summed E-state index contributed by atoms with van der Waals surface area (Å²) < 4.78 is 11.5. The number of hydrogen-bond donors (Lipinski definition) is 0. The fraction of sp³-hybridized carbons (Fsp3) is 0.500. The number of nitrogens with zero attached hydrogens (tertiary/aromatic N) is 1. The van der Waals surface area contributed by atoms with Crippen molar-refractivity contribution >= 4 is 0 Å². The Morgan fingerprint density at radius 2 is 1.65 bits per heavy atom. The molecule has 3 heteroatoms. The van der Waals surface area contributed by atoms with E-state index in [1.165, 1.54) is 11.1 Å². The Bertz CT molecular complexity index is 477. The van der Waals surface area contributed by atoms with Gasteiger partial charge in [-0.05, 0) is 38.2 Å². The second kappa shape index (κ2) is 3.96. The van der Waals surface area contributed by atoms with E-state index in [1.807, 2.05) is 0 Å². The van der Waals surface area contributed by atoms with Gasteiger partial charge in [0.05, 0.1) is 13.2 Å². The molecule has 2 heterocycles. The highest BCUT2D eigenvalue weighted by Gasteiger charge is 2.27. The van der Waals surface area contributed by atoms with Crippen molar-refractivity contribution in [2.45, 2.75) is 32.6 Å². The minimum atomic E-state index is 0.708. The van der Waals surface area contributed by atoms with E-state index in [1.54, 1.807) is 0 Å². The molecule has 0 fully saturated rings. The molecular weight excluding hydrogens is 214 g/mol. The first-order chi connectivity index (χ1) is 8.33. The van der Waals surface area contributed by atoms with Crippen LogP contribution in [0, 0.1) is 18.3 Å². The summed E-state index contributed by atoms with van der Waals surface area (Å²) in [5.74, 6) is 1.76. The molecule has 0 saturated carbocycles. The lowest BCUT2D eigenvalue weighted by molar-refractivity contribution is 0.269. The van der Waals surface area contributed by atoms with Crippen LogP contribution in [0.2, 0.25) is 0 Å². The van der Waals surface area contributed by atoms with Crippen LogP contribution < -0.4 is 9.47 Å². The summed E-state index contributed by atoms with van der Waals surface area (Å²) in [7, 11) is 0. The average Bonchev–Trinajstić information content (AvgIpc) is 2.40. The van der Waals surface area contributed by atoms with Crippen LogP contribution in [0.3, 0.4) is 0 Å². The number of rotatable bonds is 0. The molecule has 0 saturated heterocycles. The first kappa shape index (κ1) is 10.5. The smallest absolute Gasteiger partial charge is 0.141 e. The van der Waals surface area contributed by atoms with Gasteiger partial charge in [-0.25, -0.2) is 0 Å². The van der Waals surface area contributed by atoms with Gasteiger partial charge in [0.15, 0.2) is 0 Å². The molecule has 0 N–H and O–H groups in total. The lowest BCUT2D eigenvalue weighted by Gasteiger charge is -2.27. The molecule has 0 bridgehead atoms. The third kappa shape index (κ3) is 1.48. The van der Waals surface area contributed by atoms with Gasteiger partial charge in [-0.1, -0.05) is 0 Å². The second-order valence-electron chi connectivity index (χ2n) is 4.63. The predicted molar refractivity (Wildman–Crippen MR) is 63.5 cm³/mol. The molecular formula is C14H15NO2. The molecule has 17 heavy (non-hydrogen) atoms. The summed E-state index contributed by atoms with van der Waals surface area (Å²) >= 11 is 0. The van der Waals surface area contributed by atoms with Gasteiger partial charge in [-0.3, -0.25) is 0 Å². The van der Waals surface area contributed by atoms with E-state index in [-0.39, 0.29) is 0 Å². The van der Waals surface area contributed by atoms with Gasteiger partial charge < -0.3 is 9.47 Å². The summed E-state index contributed by atoms with van der Waals surface area (Å²) in [5, 5.41) is 9.35. The van der Waals surface area contributed by atoms with Gasteiger partial charge in [0.25, 0.3) is 0 Å². The van der Waals surface area contributed by atoms with Crippen LogP contribution >= 0.6 is 0 Å². The fourth-order valence-corrected chi connectivity index (χ4v) is 2.79. The summed E-state index contributed by atoms with van der Waals surface area (Å²) in [6, 6.07) is 2.31. The van der Waals surface area contributed by atoms with E-state index >= 15 is 0 Å². The summed E-state index contributed by atoms with van der Waals surface area (Å²) in [5.41, 5.74) is 4.11. The van der Waals surface area contributed by atoms with Gasteiger partial charge in [-0.2, -0.15) is 5.26 Å². The van der Waals surface area contributed by atoms with E-state index < -0.39 is 0 Å². The Labute approximate surface area is 101 Å². The Kier molecular flexibility index (Phi) is 2.44. The van der Waals surface area contributed by atoms with Gasteiger partial charge in [0.1, 0.15) is 23.1 Å². The first-order valence-electron chi connectivity index (χ1n) is 6.17. The first-order valence-corrected chi connectivity index (χ1v) is 6.17. The molecule has 0 aliphatic carbocycles. The Morgan fingerprint density at radius 1 is 1.00 bits per heavy atom. The van der Waals surface area contributed by atoms with Crippen molar-refractivity contribution in [3.63, 3.8) is 0 Å². The predicted octanol–water partition coefficient (Wildman–Crippen LogP) is 2.52. The zero-order valence-electron chi connectivity index (χ0n) is 10.0. The SMILES string of the molecule is Cc1c2c(c(C#N)c3c1OCCC3)OCCC2. The highest BCUT2D eigenvalue weighted by Crippen LogP contribution is 2.42. The van der Waals surface area contributed by atoms with Gasteiger partial charge in [0.2, 0.25) is 0 Å². The molecule has 1 aromatic carbocycles. The molecule has 3 rings (SSSR count). The third-order valence-corrected chi connectivity index (χ3v) is 3.62. The summed E-state index contributed by atoms with van der Waals surface area (Å²) in [6.45, 7) is 3.57. The molecule has 0 unspecified atom stereocenters. The zero-order chi connectivity index (χ0) is 11.8.